The number of hydrogen-bond acceptors (Lipinski definition) is 4. The first-order valence-corrected chi connectivity index (χ1v) is 10.7. The summed E-state index contributed by atoms with van der Waals surface area (Å²) in [4.78, 5) is 7.36. The zero-order chi connectivity index (χ0) is 20.2. The Hall–Kier alpha value is -2.41. The number of aromatic nitrogens is 3. The van der Waals surface area contributed by atoms with Crippen LogP contribution in [0.3, 0.4) is 0 Å². The number of nitrogens with zero attached hydrogens (tertiary/aromatic N) is 5. The number of nitrogens with one attached hydrogen (secondary N) is 1. The predicted octanol–water partition coefficient (Wildman–Crippen LogP) is 2.69. The Balaban J connectivity index is 1.50. The molecule has 1 aromatic heterocycles. The molecule has 2 aliphatic rings. The van der Waals surface area contributed by atoms with Crippen LogP contribution in [0.1, 0.15) is 43.0 Å². The van der Waals surface area contributed by atoms with E-state index in [-0.39, 0.29) is 6.04 Å². The third-order valence-electron chi connectivity index (χ3n) is 6.35. The first kappa shape index (κ1) is 19.9. The second kappa shape index (κ2) is 8.95. The van der Waals surface area contributed by atoms with Crippen LogP contribution in [0.15, 0.2) is 35.3 Å². The molecule has 2 aromatic rings. The number of hydrogen-bond donors (Lipinski definition) is 1. The second-order valence-electron chi connectivity index (χ2n) is 8.26. The molecule has 0 spiro atoms. The van der Waals surface area contributed by atoms with E-state index in [0.717, 1.165) is 43.9 Å². The summed E-state index contributed by atoms with van der Waals surface area (Å²) < 4.78 is 7.63. The number of aliphatic imine (C=N–C) groups is 1. The average molecular weight is 397 g/mol. The summed E-state index contributed by atoms with van der Waals surface area (Å²) in [7, 11) is 1.99. The van der Waals surface area contributed by atoms with E-state index in [1.165, 1.54) is 18.4 Å². The molecule has 29 heavy (non-hydrogen) atoms. The van der Waals surface area contributed by atoms with E-state index in [1.807, 2.05) is 18.5 Å². The molecule has 3 heterocycles. The normalized spacial score (nSPS) is 23.6. The minimum atomic E-state index is 0.185. The fourth-order valence-corrected chi connectivity index (χ4v) is 4.28. The van der Waals surface area contributed by atoms with E-state index >= 15 is 0 Å². The average Bonchev–Trinajstić information content (AvgIpc) is 3.49. The van der Waals surface area contributed by atoms with E-state index < -0.39 is 0 Å². The largest absolute Gasteiger partial charge is 0.381 e. The van der Waals surface area contributed by atoms with Gasteiger partial charge in [0.2, 0.25) is 0 Å². The van der Waals surface area contributed by atoms with Gasteiger partial charge in [0.05, 0.1) is 6.04 Å². The smallest absolute Gasteiger partial charge is 0.194 e. The second-order valence-corrected chi connectivity index (χ2v) is 8.26. The van der Waals surface area contributed by atoms with Crippen molar-refractivity contribution < 1.29 is 4.74 Å². The van der Waals surface area contributed by atoms with Gasteiger partial charge in [0.1, 0.15) is 12.4 Å². The van der Waals surface area contributed by atoms with Crippen molar-refractivity contribution in [2.24, 2.45) is 23.9 Å². The van der Waals surface area contributed by atoms with Crippen LogP contribution in [0, 0.1) is 18.8 Å². The molecule has 3 unspecified atom stereocenters. The Morgan fingerprint density at radius 3 is 2.76 bits per heavy atom. The Morgan fingerprint density at radius 1 is 1.24 bits per heavy atom. The molecule has 0 amide bonds. The molecule has 0 saturated carbocycles. The Labute approximate surface area is 173 Å². The van der Waals surface area contributed by atoms with E-state index in [2.05, 4.69) is 57.7 Å². The lowest BCUT2D eigenvalue weighted by atomic mass is 9.91. The van der Waals surface area contributed by atoms with Crippen molar-refractivity contribution in [2.75, 3.05) is 26.3 Å². The minimum absolute atomic E-state index is 0.185. The summed E-state index contributed by atoms with van der Waals surface area (Å²) >= 11 is 0. The van der Waals surface area contributed by atoms with Gasteiger partial charge in [-0.05, 0) is 44.1 Å². The van der Waals surface area contributed by atoms with Crippen molar-refractivity contribution >= 4 is 5.96 Å². The molecule has 1 N–H and O–H groups in total. The molecule has 156 valence electrons. The lowest BCUT2D eigenvalue weighted by molar-refractivity contribution is 0.173. The van der Waals surface area contributed by atoms with Gasteiger partial charge in [-0.1, -0.05) is 30.3 Å². The van der Waals surface area contributed by atoms with Crippen LogP contribution >= 0.6 is 0 Å². The van der Waals surface area contributed by atoms with E-state index in [1.54, 1.807) is 0 Å². The van der Waals surface area contributed by atoms with Crippen molar-refractivity contribution in [3.8, 4) is 0 Å². The fraction of sp³-hybridized carbons (Fsp3) is 0.591. The molecule has 1 aromatic carbocycles. The van der Waals surface area contributed by atoms with Crippen molar-refractivity contribution in [2.45, 2.75) is 39.3 Å². The Bertz CT molecular complexity index is 827. The molecular weight excluding hydrogens is 364 g/mol. The van der Waals surface area contributed by atoms with Gasteiger partial charge in [-0.3, -0.25) is 0 Å². The first-order chi connectivity index (χ1) is 14.1. The van der Waals surface area contributed by atoms with Crippen LogP contribution in [0.5, 0.6) is 0 Å². The molecular formula is C22H32N6O. The van der Waals surface area contributed by atoms with E-state index in [9.17, 15) is 0 Å². The maximum atomic E-state index is 5.63. The number of aryl methyl sites for hydroxylation is 1. The molecule has 4 rings (SSSR count). The summed E-state index contributed by atoms with van der Waals surface area (Å²) in [6.07, 6.45) is 2.40. The van der Waals surface area contributed by atoms with Crippen molar-refractivity contribution in [1.29, 1.82) is 0 Å². The van der Waals surface area contributed by atoms with Gasteiger partial charge in [0.25, 0.3) is 0 Å². The van der Waals surface area contributed by atoms with Crippen LogP contribution in [-0.2, 0) is 18.3 Å². The van der Waals surface area contributed by atoms with E-state index in [0.29, 0.717) is 18.4 Å². The van der Waals surface area contributed by atoms with E-state index in [4.69, 9.17) is 9.73 Å². The topological polar surface area (TPSA) is 67.6 Å². The number of guanidine groups is 1. The predicted molar refractivity (Wildman–Crippen MR) is 113 cm³/mol. The highest BCUT2D eigenvalue weighted by Gasteiger charge is 2.33. The monoisotopic (exact) mass is 396 g/mol. The summed E-state index contributed by atoms with van der Waals surface area (Å²) in [5.41, 5.74) is 1.26. The van der Waals surface area contributed by atoms with Gasteiger partial charge >= 0.3 is 0 Å². The summed E-state index contributed by atoms with van der Waals surface area (Å²) in [5.74, 6) is 4.13. The maximum Gasteiger partial charge on any atom is 0.194 e. The number of benzene rings is 1. The van der Waals surface area contributed by atoms with Crippen LogP contribution in [0.25, 0.3) is 0 Å². The fourth-order valence-electron chi connectivity index (χ4n) is 4.28. The van der Waals surface area contributed by atoms with Gasteiger partial charge in [-0.2, -0.15) is 0 Å². The Morgan fingerprint density at radius 2 is 2.07 bits per heavy atom. The SMILES string of the molecule is Cc1nnc(CN=C(NC(C)c2ccccc2)N2CCC(C3CCOC3)C2)n1C. The third-order valence-corrected chi connectivity index (χ3v) is 6.35. The van der Waals surface area contributed by atoms with Gasteiger partial charge in [-0.15, -0.1) is 10.2 Å². The molecule has 3 atom stereocenters. The van der Waals surface area contributed by atoms with Crippen molar-refractivity contribution in [1.82, 2.24) is 25.0 Å². The molecule has 2 fully saturated rings. The molecule has 0 bridgehead atoms. The third kappa shape index (κ3) is 4.61. The van der Waals surface area contributed by atoms with Crippen LogP contribution < -0.4 is 5.32 Å². The maximum absolute atomic E-state index is 5.63. The Kier molecular flexibility index (Phi) is 6.13. The zero-order valence-electron chi connectivity index (χ0n) is 17.7. The van der Waals surface area contributed by atoms with Gasteiger partial charge in [0, 0.05) is 33.4 Å². The van der Waals surface area contributed by atoms with Crippen molar-refractivity contribution in [3.63, 3.8) is 0 Å². The van der Waals surface area contributed by atoms with Crippen LogP contribution in [-0.4, -0.2) is 51.9 Å². The molecule has 7 heteroatoms. The highest BCUT2D eigenvalue weighted by molar-refractivity contribution is 5.80. The number of rotatable bonds is 5. The highest BCUT2D eigenvalue weighted by atomic mass is 16.5. The minimum Gasteiger partial charge on any atom is -0.381 e. The first-order valence-electron chi connectivity index (χ1n) is 10.7. The molecule has 0 radical (unpaired) electrons. The summed E-state index contributed by atoms with van der Waals surface area (Å²) in [6, 6.07) is 10.7. The summed E-state index contributed by atoms with van der Waals surface area (Å²) in [6.45, 7) is 8.58. The molecule has 7 nitrogen and oxygen atoms in total. The standard InChI is InChI=1S/C22H32N6O/c1-16(18-7-5-4-6-8-18)24-22(23-13-21-26-25-17(2)27(21)3)28-11-9-19(14-28)20-10-12-29-15-20/h4-8,16,19-20H,9-15H2,1-3H3,(H,23,24). The van der Waals surface area contributed by atoms with Crippen LogP contribution in [0.4, 0.5) is 0 Å². The lowest BCUT2D eigenvalue weighted by Crippen LogP contribution is -2.41. The summed E-state index contributed by atoms with van der Waals surface area (Å²) in [5, 5.41) is 12.1. The number of ether oxygens (including phenoxy) is 1. The van der Waals surface area contributed by atoms with Crippen LogP contribution in [0.2, 0.25) is 0 Å². The van der Waals surface area contributed by atoms with Gasteiger partial charge in [0.15, 0.2) is 11.8 Å². The molecule has 2 saturated heterocycles. The number of likely N-dealkylation sites (tertiary alicyclic amines) is 1. The zero-order valence-corrected chi connectivity index (χ0v) is 17.7. The molecule has 0 aliphatic carbocycles. The van der Waals surface area contributed by atoms with Crippen molar-refractivity contribution in [3.05, 3.63) is 47.5 Å². The van der Waals surface area contributed by atoms with Gasteiger partial charge < -0.3 is 19.5 Å². The lowest BCUT2D eigenvalue weighted by Gasteiger charge is -2.26. The van der Waals surface area contributed by atoms with Gasteiger partial charge in [-0.25, -0.2) is 4.99 Å². The highest BCUT2D eigenvalue weighted by Crippen LogP contribution is 2.30. The molecule has 2 aliphatic heterocycles. The quantitative estimate of drug-likeness (QED) is 0.622.